The number of nitrogens with zero attached hydrogens (tertiary/aromatic N) is 3. The Morgan fingerprint density at radius 3 is 2.37 bits per heavy atom. The van der Waals surface area contributed by atoms with Gasteiger partial charge < -0.3 is 25.6 Å². The molecule has 0 radical (unpaired) electrons. The van der Waals surface area contributed by atoms with E-state index in [-0.39, 0.29) is 42.3 Å². The van der Waals surface area contributed by atoms with Crippen molar-refractivity contribution in [3.05, 3.63) is 0 Å². The summed E-state index contributed by atoms with van der Waals surface area (Å²) < 4.78 is 5.35. The van der Waals surface area contributed by atoms with E-state index in [4.69, 9.17) is 4.74 Å². The van der Waals surface area contributed by atoms with Crippen molar-refractivity contribution < 1.29 is 14.3 Å². The van der Waals surface area contributed by atoms with Gasteiger partial charge in [-0.15, -0.1) is 24.0 Å². The molecule has 0 atom stereocenters. The molecule has 0 aliphatic carbocycles. The molecule has 1 aliphatic rings. The van der Waals surface area contributed by atoms with Gasteiger partial charge in [0.15, 0.2) is 5.96 Å². The third-order valence-corrected chi connectivity index (χ3v) is 4.23. The van der Waals surface area contributed by atoms with Crippen LogP contribution < -0.4 is 16.0 Å². The maximum atomic E-state index is 11.9. The van der Waals surface area contributed by atoms with Crippen molar-refractivity contribution >= 4 is 41.8 Å². The van der Waals surface area contributed by atoms with Crippen LogP contribution in [0.2, 0.25) is 0 Å². The smallest absolute Gasteiger partial charge is 0.243 e. The molecular weight excluding hydrogens is 463 g/mol. The van der Waals surface area contributed by atoms with Crippen LogP contribution in [0, 0.1) is 5.41 Å². The van der Waals surface area contributed by atoms with Crippen LogP contribution in [0.1, 0.15) is 13.8 Å². The average Bonchev–Trinajstić information content (AvgIpc) is 2.63. The maximum Gasteiger partial charge on any atom is 0.243 e. The Kier molecular flexibility index (Phi) is 12.6. The molecule has 1 heterocycles. The Morgan fingerprint density at radius 1 is 1.19 bits per heavy atom. The van der Waals surface area contributed by atoms with E-state index in [9.17, 15) is 9.59 Å². The molecule has 0 spiro atoms. The second-order valence-corrected chi connectivity index (χ2v) is 7.15. The highest BCUT2D eigenvalue weighted by Gasteiger charge is 2.26. The predicted molar refractivity (Wildman–Crippen MR) is 118 cm³/mol. The first-order valence-electron chi connectivity index (χ1n) is 9.01. The van der Waals surface area contributed by atoms with Crippen molar-refractivity contribution in [2.45, 2.75) is 13.8 Å². The summed E-state index contributed by atoms with van der Waals surface area (Å²) in [5.74, 6) is 0.400. The number of carbonyl (C=O) groups is 2. The summed E-state index contributed by atoms with van der Waals surface area (Å²) in [5.41, 5.74) is -0.590. The van der Waals surface area contributed by atoms with Crippen LogP contribution in [0.3, 0.4) is 0 Å². The molecule has 0 aromatic heterocycles. The average molecular weight is 498 g/mol. The van der Waals surface area contributed by atoms with E-state index in [0.717, 1.165) is 32.8 Å². The Bertz CT molecular complexity index is 493. The lowest BCUT2D eigenvalue weighted by molar-refractivity contribution is -0.128. The molecule has 9 nitrogen and oxygen atoms in total. The minimum Gasteiger partial charge on any atom is -0.379 e. The molecule has 158 valence electrons. The van der Waals surface area contributed by atoms with Crippen molar-refractivity contribution in [3.63, 3.8) is 0 Å². The zero-order valence-corrected chi connectivity index (χ0v) is 19.5. The van der Waals surface area contributed by atoms with E-state index in [1.165, 1.54) is 4.90 Å². The molecule has 1 saturated heterocycles. The molecule has 10 heteroatoms. The zero-order valence-electron chi connectivity index (χ0n) is 17.1. The van der Waals surface area contributed by atoms with Gasteiger partial charge in [0.25, 0.3) is 0 Å². The van der Waals surface area contributed by atoms with Gasteiger partial charge in [-0.25, -0.2) is 4.99 Å². The third-order valence-electron chi connectivity index (χ3n) is 4.23. The molecule has 0 saturated carbocycles. The lowest BCUT2D eigenvalue weighted by atomic mass is 9.92. The number of carbonyl (C=O) groups excluding carboxylic acids is 2. The summed E-state index contributed by atoms with van der Waals surface area (Å²) in [5, 5.41) is 9.08. The van der Waals surface area contributed by atoms with Crippen LogP contribution in [0.5, 0.6) is 0 Å². The first-order chi connectivity index (χ1) is 12.3. The number of halogens is 1. The van der Waals surface area contributed by atoms with E-state index < -0.39 is 5.41 Å². The maximum absolute atomic E-state index is 11.9. The van der Waals surface area contributed by atoms with Gasteiger partial charge in [-0.05, 0) is 13.8 Å². The van der Waals surface area contributed by atoms with Gasteiger partial charge in [-0.2, -0.15) is 0 Å². The summed E-state index contributed by atoms with van der Waals surface area (Å²) in [6, 6.07) is 0. The van der Waals surface area contributed by atoms with Gasteiger partial charge >= 0.3 is 0 Å². The van der Waals surface area contributed by atoms with E-state index >= 15 is 0 Å². The Morgan fingerprint density at radius 2 is 1.81 bits per heavy atom. The summed E-state index contributed by atoms with van der Waals surface area (Å²) in [6.07, 6.45) is 0. The molecule has 0 unspecified atom stereocenters. The number of nitrogens with one attached hydrogen (secondary N) is 3. The normalized spacial score (nSPS) is 15.5. The van der Waals surface area contributed by atoms with Crippen LogP contribution in [-0.2, 0) is 14.3 Å². The second-order valence-electron chi connectivity index (χ2n) is 7.15. The van der Waals surface area contributed by atoms with Crippen molar-refractivity contribution in [2.75, 3.05) is 73.6 Å². The monoisotopic (exact) mass is 498 g/mol. The fourth-order valence-corrected chi connectivity index (χ4v) is 2.34. The predicted octanol–water partition coefficient (Wildman–Crippen LogP) is -0.668. The van der Waals surface area contributed by atoms with Crippen molar-refractivity contribution in [2.24, 2.45) is 10.4 Å². The number of morpholine rings is 1. The first-order valence-corrected chi connectivity index (χ1v) is 9.01. The lowest BCUT2D eigenvalue weighted by Gasteiger charge is -2.27. The quantitative estimate of drug-likeness (QED) is 0.234. The van der Waals surface area contributed by atoms with Crippen molar-refractivity contribution in [3.8, 4) is 0 Å². The minimum atomic E-state index is -0.590. The van der Waals surface area contributed by atoms with Crippen molar-refractivity contribution in [1.82, 2.24) is 25.8 Å². The number of likely N-dealkylation sites (N-methyl/N-ethyl adjacent to an activating group) is 1. The molecule has 0 aromatic carbocycles. The van der Waals surface area contributed by atoms with E-state index in [1.54, 1.807) is 21.1 Å². The highest BCUT2D eigenvalue weighted by Crippen LogP contribution is 2.12. The molecule has 0 aromatic rings. The van der Waals surface area contributed by atoms with E-state index in [0.29, 0.717) is 19.0 Å². The molecule has 1 rings (SSSR count). The first kappa shape index (κ1) is 25.9. The summed E-state index contributed by atoms with van der Waals surface area (Å²) in [7, 11) is 5.02. The molecule has 0 bridgehead atoms. The van der Waals surface area contributed by atoms with E-state index in [1.807, 2.05) is 13.8 Å². The topological polar surface area (TPSA) is 98.3 Å². The second kappa shape index (κ2) is 13.1. The minimum absolute atomic E-state index is 0. The Balaban J connectivity index is 0.00000676. The van der Waals surface area contributed by atoms with Gasteiger partial charge in [-0.3, -0.25) is 14.5 Å². The van der Waals surface area contributed by atoms with Gasteiger partial charge in [0, 0.05) is 53.9 Å². The lowest BCUT2D eigenvalue weighted by Crippen LogP contribution is -2.49. The van der Waals surface area contributed by atoms with Gasteiger partial charge in [-0.1, -0.05) is 0 Å². The summed E-state index contributed by atoms with van der Waals surface area (Å²) in [4.78, 5) is 31.9. The molecule has 2 amide bonds. The van der Waals surface area contributed by atoms with E-state index in [2.05, 4.69) is 25.8 Å². The number of ether oxygens (including phenoxy) is 1. The highest BCUT2D eigenvalue weighted by atomic mass is 127. The number of hydrogen-bond donors (Lipinski definition) is 3. The molecule has 1 fully saturated rings. The molecule has 3 N–H and O–H groups in total. The number of hydrogen-bond acceptors (Lipinski definition) is 5. The van der Waals surface area contributed by atoms with Crippen LogP contribution in [-0.4, -0.2) is 101 Å². The van der Waals surface area contributed by atoms with Crippen LogP contribution in [0.25, 0.3) is 0 Å². The molecule has 1 aliphatic heterocycles. The number of aliphatic imine (C=N–C) groups is 1. The molecular formula is C17H35IN6O3. The van der Waals surface area contributed by atoms with Gasteiger partial charge in [0.2, 0.25) is 11.8 Å². The Labute approximate surface area is 179 Å². The third kappa shape index (κ3) is 10.1. The van der Waals surface area contributed by atoms with Gasteiger partial charge in [0.1, 0.15) is 6.54 Å². The van der Waals surface area contributed by atoms with Crippen molar-refractivity contribution in [1.29, 1.82) is 0 Å². The van der Waals surface area contributed by atoms with Crippen LogP contribution >= 0.6 is 24.0 Å². The highest BCUT2D eigenvalue weighted by molar-refractivity contribution is 14.0. The fraction of sp³-hybridized carbons (Fsp3) is 0.824. The van der Waals surface area contributed by atoms with Crippen LogP contribution in [0.15, 0.2) is 4.99 Å². The summed E-state index contributed by atoms with van der Waals surface area (Å²) >= 11 is 0. The molecule has 27 heavy (non-hydrogen) atoms. The standard InChI is InChI=1S/C17H34N6O3.HI/c1-17(2,15(25)18-3)13-21-16(20-12-14(24)22(4)5)19-6-7-23-8-10-26-11-9-23;/h6-13H2,1-5H3,(H,18,25)(H2,19,20,21);1H. The fourth-order valence-electron chi connectivity index (χ4n) is 2.34. The zero-order chi connectivity index (χ0) is 19.6. The number of amides is 2. The largest absolute Gasteiger partial charge is 0.379 e. The Hall–Kier alpha value is -1.14. The van der Waals surface area contributed by atoms with Gasteiger partial charge in [0.05, 0.1) is 18.6 Å². The number of rotatable bonds is 8. The number of guanidine groups is 1. The van der Waals surface area contributed by atoms with Crippen LogP contribution in [0.4, 0.5) is 0 Å². The summed E-state index contributed by atoms with van der Waals surface area (Å²) in [6.45, 7) is 9.10. The SMILES string of the molecule is CNC(=O)C(C)(C)CNC(=NCC(=O)N(C)C)NCCN1CCOCC1.I.